The summed E-state index contributed by atoms with van der Waals surface area (Å²) in [6, 6.07) is 1.97. The number of hydrogen-bond donors (Lipinski definition) is 0. The third-order valence-corrected chi connectivity index (χ3v) is 6.19. The molecule has 0 amide bonds. The molecule has 0 bridgehead atoms. The number of rotatable bonds is 1. The van der Waals surface area contributed by atoms with E-state index in [4.69, 9.17) is 23.2 Å². The van der Waals surface area contributed by atoms with Gasteiger partial charge in [0.2, 0.25) is 0 Å². The van der Waals surface area contributed by atoms with E-state index in [1.165, 1.54) is 4.88 Å². The molecule has 16 heavy (non-hydrogen) atoms. The van der Waals surface area contributed by atoms with Gasteiger partial charge in [-0.1, -0.05) is 23.2 Å². The molecule has 2 nitrogen and oxygen atoms in total. The van der Waals surface area contributed by atoms with E-state index in [0.717, 1.165) is 9.35 Å². The molecule has 7 heteroatoms. The topological polar surface area (TPSA) is 25.8 Å². The predicted molar refractivity (Wildman–Crippen MR) is 80.5 cm³/mol. The predicted octanol–water partition coefficient (Wildman–Crippen LogP) is 5.19. The van der Waals surface area contributed by atoms with Gasteiger partial charge in [0.15, 0.2) is 5.82 Å². The lowest BCUT2D eigenvalue weighted by atomic mass is 10.4. The smallest absolute Gasteiger partial charge is 0.172 e. The van der Waals surface area contributed by atoms with E-state index in [2.05, 4.69) is 25.9 Å². The largest absolute Gasteiger partial charge is 0.214 e. The second-order valence-electron chi connectivity index (χ2n) is 2.96. The lowest BCUT2D eigenvalue weighted by Crippen LogP contribution is -1.92. The van der Waals surface area contributed by atoms with Crippen LogP contribution in [0.2, 0.25) is 10.3 Å². The molecule has 0 unspecified atom stereocenters. The Labute approximate surface area is 129 Å². The van der Waals surface area contributed by atoms with E-state index in [1.54, 1.807) is 11.3 Å². The summed E-state index contributed by atoms with van der Waals surface area (Å²) in [5, 5.41) is 0.774. The Bertz CT molecular complexity index is 516. The van der Waals surface area contributed by atoms with Crippen molar-refractivity contribution >= 4 is 73.1 Å². The first kappa shape index (κ1) is 13.0. The number of halogens is 4. The minimum Gasteiger partial charge on any atom is -0.214 e. The summed E-state index contributed by atoms with van der Waals surface area (Å²) in [7, 11) is 0. The molecule has 0 aliphatic heterocycles. The molecule has 0 radical (unpaired) electrons. The van der Waals surface area contributed by atoms with E-state index in [1.807, 2.05) is 35.6 Å². The van der Waals surface area contributed by atoms with Crippen LogP contribution in [-0.4, -0.2) is 9.97 Å². The van der Waals surface area contributed by atoms with Gasteiger partial charge < -0.3 is 0 Å². The van der Waals surface area contributed by atoms with Crippen molar-refractivity contribution in [3.05, 3.63) is 29.3 Å². The van der Waals surface area contributed by atoms with Gasteiger partial charge in [0, 0.05) is 9.35 Å². The molecule has 2 rings (SSSR count). The Kier molecular flexibility index (Phi) is 4.11. The van der Waals surface area contributed by atoms with Crippen LogP contribution in [0.3, 0.4) is 0 Å². The molecule has 0 spiro atoms. The number of nitrogens with zero attached hydrogens (tertiary/aromatic N) is 2. The van der Waals surface area contributed by atoms with Crippen LogP contribution in [0.25, 0.3) is 10.7 Å². The van der Waals surface area contributed by atoms with Gasteiger partial charge in [-0.3, -0.25) is 0 Å². The molecular formula is C9H4BrCl2IN2S. The van der Waals surface area contributed by atoms with Gasteiger partial charge in [-0.15, -0.1) is 11.3 Å². The lowest BCUT2D eigenvalue weighted by Gasteiger charge is -2.01. The Morgan fingerprint density at radius 1 is 1.31 bits per heavy atom. The van der Waals surface area contributed by atoms with Crippen molar-refractivity contribution < 1.29 is 0 Å². The summed E-state index contributed by atoms with van der Waals surface area (Å²) in [5.41, 5.74) is 0. The summed E-state index contributed by atoms with van der Waals surface area (Å²) in [5.74, 6) is 0.564. The highest BCUT2D eigenvalue weighted by molar-refractivity contribution is 14.1. The molecule has 84 valence electrons. The summed E-state index contributed by atoms with van der Waals surface area (Å²) in [6.45, 7) is 2.02. The fourth-order valence-electron chi connectivity index (χ4n) is 1.07. The van der Waals surface area contributed by atoms with Crippen LogP contribution in [0.15, 0.2) is 10.5 Å². The zero-order chi connectivity index (χ0) is 11.9. The maximum atomic E-state index is 5.97. The van der Waals surface area contributed by atoms with Crippen LogP contribution < -0.4 is 0 Å². The van der Waals surface area contributed by atoms with Gasteiger partial charge in [-0.05, 0) is 51.5 Å². The fraction of sp³-hybridized carbons (Fsp3) is 0.111. The normalized spacial score (nSPS) is 10.8. The Morgan fingerprint density at radius 3 is 2.31 bits per heavy atom. The average molecular weight is 450 g/mol. The Hall–Kier alpha value is 0.570. The number of hydrogen-bond acceptors (Lipinski definition) is 3. The summed E-state index contributed by atoms with van der Waals surface area (Å²) in [6.07, 6.45) is 0. The van der Waals surface area contributed by atoms with Crippen molar-refractivity contribution in [2.45, 2.75) is 6.92 Å². The van der Waals surface area contributed by atoms with E-state index >= 15 is 0 Å². The second kappa shape index (κ2) is 5.06. The number of thiophene rings is 1. The summed E-state index contributed by atoms with van der Waals surface area (Å²) < 4.78 is 1.72. The van der Waals surface area contributed by atoms with Crippen LogP contribution >= 0.6 is 73.1 Å². The van der Waals surface area contributed by atoms with Crippen molar-refractivity contribution in [2.24, 2.45) is 0 Å². The van der Waals surface area contributed by atoms with Gasteiger partial charge in [-0.2, -0.15) is 0 Å². The van der Waals surface area contributed by atoms with Crippen LogP contribution in [0.4, 0.5) is 0 Å². The molecule has 0 saturated carbocycles. The standard InChI is InChI=1S/C9H4BrCl2IN2S/c1-3-4(10)2-5(16-3)9-14-7(11)6(13)8(12)15-9/h2H,1H3. The molecule has 0 saturated heterocycles. The third-order valence-electron chi connectivity index (χ3n) is 1.85. The fourth-order valence-corrected chi connectivity index (χ4v) is 3.17. The second-order valence-corrected chi connectivity index (χ2v) is 6.86. The molecule has 2 heterocycles. The van der Waals surface area contributed by atoms with Crippen LogP contribution in [0.5, 0.6) is 0 Å². The first-order valence-electron chi connectivity index (χ1n) is 4.14. The minimum atomic E-state index is 0.387. The maximum Gasteiger partial charge on any atom is 0.172 e. The lowest BCUT2D eigenvalue weighted by molar-refractivity contribution is 1.17. The maximum absolute atomic E-state index is 5.97. The summed E-state index contributed by atoms with van der Waals surface area (Å²) in [4.78, 5) is 10.5. The molecular weight excluding hydrogens is 446 g/mol. The zero-order valence-electron chi connectivity index (χ0n) is 7.89. The van der Waals surface area contributed by atoms with Gasteiger partial charge >= 0.3 is 0 Å². The van der Waals surface area contributed by atoms with Crippen molar-refractivity contribution in [1.29, 1.82) is 0 Å². The van der Waals surface area contributed by atoms with Crippen molar-refractivity contribution in [3.63, 3.8) is 0 Å². The van der Waals surface area contributed by atoms with Crippen molar-refractivity contribution in [1.82, 2.24) is 9.97 Å². The van der Waals surface area contributed by atoms with Crippen LogP contribution in [0.1, 0.15) is 4.88 Å². The molecule has 2 aromatic rings. The van der Waals surface area contributed by atoms with Crippen LogP contribution in [0, 0.1) is 10.5 Å². The highest BCUT2D eigenvalue weighted by Gasteiger charge is 2.13. The van der Waals surface area contributed by atoms with E-state index in [-0.39, 0.29) is 0 Å². The number of aromatic nitrogens is 2. The molecule has 0 aromatic carbocycles. The molecule has 0 atom stereocenters. The monoisotopic (exact) mass is 448 g/mol. The Morgan fingerprint density at radius 2 is 1.88 bits per heavy atom. The SMILES string of the molecule is Cc1sc(-c2nc(Cl)c(I)c(Cl)n2)cc1Br. The third kappa shape index (κ3) is 2.53. The van der Waals surface area contributed by atoms with Crippen molar-refractivity contribution in [2.75, 3.05) is 0 Å². The van der Waals surface area contributed by atoms with E-state index in [9.17, 15) is 0 Å². The highest BCUT2D eigenvalue weighted by atomic mass is 127. The van der Waals surface area contributed by atoms with Gasteiger partial charge in [0.25, 0.3) is 0 Å². The van der Waals surface area contributed by atoms with Crippen LogP contribution in [-0.2, 0) is 0 Å². The molecule has 0 aliphatic carbocycles. The van der Waals surface area contributed by atoms with Gasteiger partial charge in [0.1, 0.15) is 10.3 Å². The molecule has 2 aromatic heterocycles. The number of aryl methyl sites for hydroxylation is 1. The molecule has 0 aliphatic rings. The summed E-state index contributed by atoms with van der Waals surface area (Å²) >= 11 is 19.0. The van der Waals surface area contributed by atoms with E-state index < -0.39 is 0 Å². The Balaban J connectivity index is 2.56. The van der Waals surface area contributed by atoms with Gasteiger partial charge in [-0.25, -0.2) is 9.97 Å². The molecule has 0 N–H and O–H groups in total. The van der Waals surface area contributed by atoms with E-state index in [0.29, 0.717) is 19.7 Å². The average Bonchev–Trinajstić information content (AvgIpc) is 2.55. The van der Waals surface area contributed by atoms with Crippen molar-refractivity contribution in [3.8, 4) is 10.7 Å². The first-order chi connectivity index (χ1) is 7.49. The highest BCUT2D eigenvalue weighted by Crippen LogP contribution is 2.34. The first-order valence-corrected chi connectivity index (χ1v) is 7.58. The minimum absolute atomic E-state index is 0.387. The zero-order valence-corrected chi connectivity index (χ0v) is 14.0. The quantitative estimate of drug-likeness (QED) is 0.442. The molecule has 0 fully saturated rings. The van der Waals surface area contributed by atoms with Gasteiger partial charge in [0.05, 0.1) is 8.45 Å².